The van der Waals surface area contributed by atoms with Crippen LogP contribution in [0.5, 0.6) is 0 Å². The van der Waals surface area contributed by atoms with Gasteiger partial charge >= 0.3 is 0 Å². The molecule has 0 N–H and O–H groups in total. The van der Waals surface area contributed by atoms with Crippen molar-refractivity contribution in [1.82, 2.24) is 4.90 Å². The van der Waals surface area contributed by atoms with Crippen LogP contribution in [0.1, 0.15) is 29.6 Å². The summed E-state index contributed by atoms with van der Waals surface area (Å²) in [6, 6.07) is 14.8. The van der Waals surface area contributed by atoms with Gasteiger partial charge in [0.15, 0.2) is 0 Å². The van der Waals surface area contributed by atoms with Crippen molar-refractivity contribution in [3.8, 4) is 0 Å². The molecule has 2 aliphatic rings. The Kier molecular flexibility index (Phi) is 5.28. The highest BCUT2D eigenvalue weighted by Crippen LogP contribution is 2.23. The second kappa shape index (κ2) is 7.99. The standard InChI is InChI=1S/C22H26FN3O/c23-20-6-2-3-7-21(20)25-14-16-26(17-15-25)22(27)18-8-10-19(11-9-18)24-12-4-1-5-13-24/h2-3,6-11H,1,4-5,12-17H2. The van der Waals surface area contributed by atoms with Crippen LogP contribution in [0.2, 0.25) is 0 Å². The number of carbonyl (C=O) groups excluding carboxylic acids is 1. The number of piperidine rings is 1. The number of rotatable bonds is 3. The third-order valence-corrected chi connectivity index (χ3v) is 5.60. The van der Waals surface area contributed by atoms with Crippen molar-refractivity contribution >= 4 is 17.3 Å². The highest BCUT2D eigenvalue weighted by atomic mass is 19.1. The number of amides is 1. The average molecular weight is 367 g/mol. The molecular formula is C22H26FN3O. The molecule has 5 heteroatoms. The van der Waals surface area contributed by atoms with Crippen molar-refractivity contribution in [2.75, 3.05) is 49.1 Å². The Labute approximate surface area is 160 Å². The van der Waals surface area contributed by atoms with Crippen LogP contribution in [0, 0.1) is 5.82 Å². The Morgan fingerprint density at radius 2 is 1.41 bits per heavy atom. The molecule has 4 rings (SSSR count). The molecular weight excluding hydrogens is 341 g/mol. The summed E-state index contributed by atoms with van der Waals surface area (Å²) in [5.41, 5.74) is 2.56. The molecule has 0 spiro atoms. The van der Waals surface area contributed by atoms with Gasteiger partial charge in [0, 0.05) is 50.5 Å². The predicted octanol–water partition coefficient (Wildman–Crippen LogP) is 3.78. The van der Waals surface area contributed by atoms with Crippen LogP contribution in [0.15, 0.2) is 48.5 Å². The van der Waals surface area contributed by atoms with Gasteiger partial charge in [0.25, 0.3) is 5.91 Å². The van der Waals surface area contributed by atoms with E-state index in [0.717, 1.165) is 18.7 Å². The van der Waals surface area contributed by atoms with Gasteiger partial charge in [0.1, 0.15) is 5.82 Å². The van der Waals surface area contributed by atoms with Crippen molar-refractivity contribution in [1.29, 1.82) is 0 Å². The number of carbonyl (C=O) groups is 1. The Morgan fingerprint density at radius 3 is 2.07 bits per heavy atom. The molecule has 2 fully saturated rings. The molecule has 1 amide bonds. The number of hydrogen-bond acceptors (Lipinski definition) is 3. The fourth-order valence-corrected chi connectivity index (χ4v) is 4.01. The van der Waals surface area contributed by atoms with Crippen LogP contribution >= 0.6 is 0 Å². The normalized spacial score (nSPS) is 17.9. The molecule has 0 aliphatic carbocycles. The third-order valence-electron chi connectivity index (χ3n) is 5.60. The van der Waals surface area contributed by atoms with Crippen molar-refractivity contribution in [3.05, 3.63) is 59.9 Å². The monoisotopic (exact) mass is 367 g/mol. The molecule has 27 heavy (non-hydrogen) atoms. The summed E-state index contributed by atoms with van der Waals surface area (Å²) in [6.45, 7) is 4.73. The maximum atomic E-state index is 14.0. The predicted molar refractivity (Wildman–Crippen MR) is 107 cm³/mol. The third kappa shape index (κ3) is 3.92. The SMILES string of the molecule is O=C(c1ccc(N2CCCCC2)cc1)N1CCN(c2ccccc2F)CC1. The van der Waals surface area contributed by atoms with Crippen LogP contribution in [-0.4, -0.2) is 50.1 Å². The second-order valence-electron chi connectivity index (χ2n) is 7.33. The second-order valence-corrected chi connectivity index (χ2v) is 7.33. The lowest BCUT2D eigenvalue weighted by molar-refractivity contribution is 0.0746. The van der Waals surface area contributed by atoms with E-state index in [0.29, 0.717) is 31.9 Å². The summed E-state index contributed by atoms with van der Waals surface area (Å²) in [7, 11) is 0. The molecule has 0 radical (unpaired) electrons. The Balaban J connectivity index is 1.37. The number of halogens is 1. The summed E-state index contributed by atoms with van der Waals surface area (Å²) >= 11 is 0. The summed E-state index contributed by atoms with van der Waals surface area (Å²) < 4.78 is 14.0. The summed E-state index contributed by atoms with van der Waals surface area (Å²) in [5, 5.41) is 0. The minimum atomic E-state index is -0.203. The van der Waals surface area contributed by atoms with E-state index in [2.05, 4.69) is 17.0 Å². The minimum absolute atomic E-state index is 0.0633. The molecule has 2 aromatic rings. The lowest BCUT2D eigenvalue weighted by Crippen LogP contribution is -2.49. The van der Waals surface area contributed by atoms with Gasteiger partial charge in [0.05, 0.1) is 5.69 Å². The quantitative estimate of drug-likeness (QED) is 0.826. The van der Waals surface area contributed by atoms with E-state index in [1.165, 1.54) is 31.0 Å². The van der Waals surface area contributed by atoms with E-state index >= 15 is 0 Å². The zero-order chi connectivity index (χ0) is 18.6. The molecule has 0 saturated carbocycles. The zero-order valence-corrected chi connectivity index (χ0v) is 15.6. The number of piperazine rings is 1. The molecule has 4 nitrogen and oxygen atoms in total. The molecule has 2 aromatic carbocycles. The fraction of sp³-hybridized carbons (Fsp3) is 0.409. The van der Waals surface area contributed by atoms with Gasteiger partial charge < -0.3 is 14.7 Å². The highest BCUT2D eigenvalue weighted by Gasteiger charge is 2.23. The lowest BCUT2D eigenvalue weighted by atomic mass is 10.1. The van der Waals surface area contributed by atoms with E-state index in [-0.39, 0.29) is 11.7 Å². The maximum Gasteiger partial charge on any atom is 0.253 e. The van der Waals surface area contributed by atoms with E-state index < -0.39 is 0 Å². The van der Waals surface area contributed by atoms with Crippen LogP contribution in [-0.2, 0) is 0 Å². The zero-order valence-electron chi connectivity index (χ0n) is 15.6. The number of benzene rings is 2. The number of nitrogens with zero attached hydrogens (tertiary/aromatic N) is 3. The van der Waals surface area contributed by atoms with E-state index in [9.17, 15) is 9.18 Å². The van der Waals surface area contributed by atoms with E-state index in [1.807, 2.05) is 28.0 Å². The fourth-order valence-electron chi connectivity index (χ4n) is 4.01. The molecule has 0 unspecified atom stereocenters. The first kappa shape index (κ1) is 17.8. The van der Waals surface area contributed by atoms with E-state index in [1.54, 1.807) is 12.1 Å². The van der Waals surface area contributed by atoms with Gasteiger partial charge in [-0.25, -0.2) is 4.39 Å². The minimum Gasteiger partial charge on any atom is -0.372 e. The van der Waals surface area contributed by atoms with Crippen LogP contribution in [0.25, 0.3) is 0 Å². The lowest BCUT2D eigenvalue weighted by Gasteiger charge is -2.36. The maximum absolute atomic E-state index is 14.0. The van der Waals surface area contributed by atoms with Gasteiger partial charge in [0.2, 0.25) is 0 Å². The van der Waals surface area contributed by atoms with Gasteiger partial charge in [-0.15, -0.1) is 0 Å². The number of para-hydroxylation sites is 1. The molecule has 0 atom stereocenters. The van der Waals surface area contributed by atoms with Crippen LogP contribution in [0.4, 0.5) is 15.8 Å². The first-order valence-corrected chi connectivity index (χ1v) is 9.86. The van der Waals surface area contributed by atoms with Crippen LogP contribution < -0.4 is 9.80 Å². The smallest absolute Gasteiger partial charge is 0.253 e. The van der Waals surface area contributed by atoms with Crippen molar-refractivity contribution < 1.29 is 9.18 Å². The van der Waals surface area contributed by atoms with E-state index in [4.69, 9.17) is 0 Å². The molecule has 0 bridgehead atoms. The van der Waals surface area contributed by atoms with Gasteiger partial charge in [-0.2, -0.15) is 0 Å². The summed E-state index contributed by atoms with van der Waals surface area (Å²) in [4.78, 5) is 19.1. The number of hydrogen-bond donors (Lipinski definition) is 0. The number of anilines is 2. The summed E-state index contributed by atoms with van der Waals surface area (Å²) in [6.07, 6.45) is 3.80. The van der Waals surface area contributed by atoms with Gasteiger partial charge in [-0.1, -0.05) is 12.1 Å². The average Bonchev–Trinajstić information content (AvgIpc) is 2.74. The van der Waals surface area contributed by atoms with Crippen molar-refractivity contribution in [2.45, 2.75) is 19.3 Å². The molecule has 0 aromatic heterocycles. The van der Waals surface area contributed by atoms with Crippen molar-refractivity contribution in [3.63, 3.8) is 0 Å². The first-order chi connectivity index (χ1) is 13.2. The van der Waals surface area contributed by atoms with Crippen LogP contribution in [0.3, 0.4) is 0 Å². The summed E-state index contributed by atoms with van der Waals surface area (Å²) in [5.74, 6) is -0.140. The molecule has 2 heterocycles. The highest BCUT2D eigenvalue weighted by molar-refractivity contribution is 5.94. The molecule has 2 aliphatic heterocycles. The molecule has 2 saturated heterocycles. The Hall–Kier alpha value is -2.56. The largest absolute Gasteiger partial charge is 0.372 e. The topological polar surface area (TPSA) is 26.8 Å². The Bertz CT molecular complexity index is 778. The van der Waals surface area contributed by atoms with Gasteiger partial charge in [-0.05, 0) is 55.7 Å². The Morgan fingerprint density at radius 1 is 0.741 bits per heavy atom. The molecule has 142 valence electrons. The first-order valence-electron chi connectivity index (χ1n) is 9.86. The van der Waals surface area contributed by atoms with Gasteiger partial charge in [-0.3, -0.25) is 4.79 Å². The van der Waals surface area contributed by atoms with Crippen molar-refractivity contribution in [2.24, 2.45) is 0 Å².